The molecule has 0 aromatic heterocycles. The van der Waals surface area contributed by atoms with Gasteiger partial charge in [0.25, 0.3) is 5.97 Å². The van der Waals surface area contributed by atoms with Crippen molar-refractivity contribution in [1.82, 2.24) is 5.32 Å². The molecule has 0 unspecified atom stereocenters. The summed E-state index contributed by atoms with van der Waals surface area (Å²) in [7, 11) is 0. The van der Waals surface area contributed by atoms with E-state index in [0.29, 0.717) is 6.04 Å². The van der Waals surface area contributed by atoms with Crippen LogP contribution in [0.1, 0.15) is 39.0 Å². The zero-order valence-electron chi connectivity index (χ0n) is 7.95. The summed E-state index contributed by atoms with van der Waals surface area (Å²) in [5.41, 5.74) is 0. The maximum absolute atomic E-state index is 9.96. The van der Waals surface area contributed by atoms with Gasteiger partial charge in [-0.1, -0.05) is 19.3 Å². The molecule has 0 saturated heterocycles. The minimum atomic E-state index is -0.833. The van der Waals surface area contributed by atoms with Crippen molar-refractivity contribution in [1.29, 1.82) is 0 Å². The lowest BCUT2D eigenvalue weighted by Crippen LogP contribution is -2.29. The molecule has 0 spiro atoms. The Morgan fingerprint density at radius 2 is 1.85 bits per heavy atom. The Labute approximate surface area is 78.3 Å². The number of nitrogens with one attached hydrogen (secondary N) is 1. The molecular formula is C9H17NO3. The summed E-state index contributed by atoms with van der Waals surface area (Å²) in [6.07, 6.45) is 7.08. The summed E-state index contributed by atoms with van der Waals surface area (Å²) in [5, 5.41) is 10.2. The fourth-order valence-corrected chi connectivity index (χ4v) is 1.37. The number of carbonyl (C=O) groups is 2. The smallest absolute Gasteiger partial charge is 0.300 e. The summed E-state index contributed by atoms with van der Waals surface area (Å²) < 4.78 is 0. The Morgan fingerprint density at radius 3 is 2.23 bits per heavy atom. The second kappa shape index (κ2) is 7.58. The van der Waals surface area contributed by atoms with Gasteiger partial charge in [-0.2, -0.15) is 0 Å². The predicted octanol–water partition coefficient (Wildman–Crippen LogP) is 1.16. The molecule has 4 heteroatoms. The van der Waals surface area contributed by atoms with Crippen LogP contribution >= 0.6 is 0 Å². The number of carboxylic acids is 1. The molecule has 1 amide bonds. The summed E-state index contributed by atoms with van der Waals surface area (Å²) in [6.45, 7) is 1.08. The van der Waals surface area contributed by atoms with Crippen molar-refractivity contribution in [2.45, 2.75) is 45.1 Å². The van der Waals surface area contributed by atoms with Crippen molar-refractivity contribution in [3.8, 4) is 0 Å². The molecule has 0 bridgehead atoms. The largest absolute Gasteiger partial charge is 0.481 e. The minimum absolute atomic E-state index is 0.483. The minimum Gasteiger partial charge on any atom is -0.481 e. The molecule has 0 atom stereocenters. The standard InChI is InChI=1S/C7H13NO.C2H4O2/c9-6-8-7-4-2-1-3-5-7;1-2(3)4/h6-7H,1-5H2,(H,8,9);1H3,(H,3,4). The lowest BCUT2D eigenvalue weighted by Gasteiger charge is -2.19. The van der Waals surface area contributed by atoms with E-state index in [1.165, 1.54) is 32.1 Å². The average Bonchev–Trinajstić information content (AvgIpc) is 2.06. The number of hydrogen-bond acceptors (Lipinski definition) is 2. The van der Waals surface area contributed by atoms with Crippen LogP contribution in [0.2, 0.25) is 0 Å². The van der Waals surface area contributed by atoms with Gasteiger partial charge in [0.1, 0.15) is 0 Å². The maximum atomic E-state index is 9.96. The normalized spacial score (nSPS) is 16.7. The molecule has 4 nitrogen and oxygen atoms in total. The van der Waals surface area contributed by atoms with Gasteiger partial charge in [0.15, 0.2) is 0 Å². The van der Waals surface area contributed by atoms with E-state index in [-0.39, 0.29) is 0 Å². The molecule has 13 heavy (non-hydrogen) atoms. The van der Waals surface area contributed by atoms with Crippen LogP contribution in [0.4, 0.5) is 0 Å². The van der Waals surface area contributed by atoms with Crippen molar-refractivity contribution < 1.29 is 14.7 Å². The third kappa shape index (κ3) is 8.85. The quantitative estimate of drug-likeness (QED) is 0.637. The molecule has 0 radical (unpaired) electrons. The van der Waals surface area contributed by atoms with Gasteiger partial charge in [0.05, 0.1) is 0 Å². The van der Waals surface area contributed by atoms with Crippen molar-refractivity contribution >= 4 is 12.4 Å². The van der Waals surface area contributed by atoms with Gasteiger partial charge in [-0.25, -0.2) is 0 Å². The molecule has 1 saturated carbocycles. The third-order valence-electron chi connectivity index (χ3n) is 1.91. The van der Waals surface area contributed by atoms with Crippen molar-refractivity contribution in [2.24, 2.45) is 0 Å². The van der Waals surface area contributed by atoms with Gasteiger partial charge < -0.3 is 10.4 Å². The van der Waals surface area contributed by atoms with Crippen LogP contribution in [0, 0.1) is 0 Å². The first-order valence-corrected chi connectivity index (χ1v) is 4.56. The van der Waals surface area contributed by atoms with Crippen LogP contribution in [0.3, 0.4) is 0 Å². The highest BCUT2D eigenvalue weighted by atomic mass is 16.4. The first-order chi connectivity index (χ1) is 6.16. The van der Waals surface area contributed by atoms with Crippen molar-refractivity contribution in [3.63, 3.8) is 0 Å². The Kier molecular flexibility index (Phi) is 6.96. The van der Waals surface area contributed by atoms with Crippen LogP contribution in [0.25, 0.3) is 0 Å². The topological polar surface area (TPSA) is 66.4 Å². The lowest BCUT2D eigenvalue weighted by molar-refractivity contribution is -0.134. The molecule has 0 aromatic rings. The van der Waals surface area contributed by atoms with E-state index in [4.69, 9.17) is 9.90 Å². The van der Waals surface area contributed by atoms with Gasteiger partial charge in [0.2, 0.25) is 6.41 Å². The number of aliphatic carboxylic acids is 1. The molecule has 0 aromatic carbocycles. The average molecular weight is 187 g/mol. The molecule has 0 heterocycles. The molecule has 1 rings (SSSR count). The van der Waals surface area contributed by atoms with Crippen LogP contribution in [-0.4, -0.2) is 23.5 Å². The zero-order chi connectivity index (χ0) is 10.1. The van der Waals surface area contributed by atoms with E-state index in [0.717, 1.165) is 13.3 Å². The molecule has 1 aliphatic rings. The number of carbonyl (C=O) groups excluding carboxylic acids is 1. The summed E-state index contributed by atoms with van der Waals surface area (Å²) >= 11 is 0. The molecule has 2 N–H and O–H groups in total. The highest BCUT2D eigenvalue weighted by Gasteiger charge is 2.10. The first-order valence-electron chi connectivity index (χ1n) is 4.56. The van der Waals surface area contributed by atoms with Crippen molar-refractivity contribution in [3.05, 3.63) is 0 Å². The Morgan fingerprint density at radius 1 is 1.38 bits per heavy atom. The fraction of sp³-hybridized carbons (Fsp3) is 0.778. The summed E-state index contributed by atoms with van der Waals surface area (Å²) in [6, 6.07) is 0.483. The highest BCUT2D eigenvalue weighted by Crippen LogP contribution is 2.16. The van der Waals surface area contributed by atoms with E-state index in [1.807, 2.05) is 0 Å². The number of rotatable bonds is 2. The van der Waals surface area contributed by atoms with Crippen LogP contribution in [0.15, 0.2) is 0 Å². The number of hydrogen-bond donors (Lipinski definition) is 2. The second-order valence-corrected chi connectivity index (χ2v) is 3.14. The highest BCUT2D eigenvalue weighted by molar-refractivity contribution is 5.62. The summed E-state index contributed by atoms with van der Waals surface area (Å²) in [4.78, 5) is 19.0. The fourth-order valence-electron chi connectivity index (χ4n) is 1.37. The van der Waals surface area contributed by atoms with Crippen LogP contribution in [0.5, 0.6) is 0 Å². The molecule has 1 fully saturated rings. The van der Waals surface area contributed by atoms with E-state index in [9.17, 15) is 4.79 Å². The van der Waals surface area contributed by atoms with E-state index in [2.05, 4.69) is 5.32 Å². The lowest BCUT2D eigenvalue weighted by atomic mass is 9.96. The van der Waals surface area contributed by atoms with Crippen LogP contribution in [-0.2, 0) is 9.59 Å². The second-order valence-electron chi connectivity index (χ2n) is 3.14. The maximum Gasteiger partial charge on any atom is 0.300 e. The van der Waals surface area contributed by atoms with Gasteiger partial charge in [-0.15, -0.1) is 0 Å². The van der Waals surface area contributed by atoms with Crippen LogP contribution < -0.4 is 5.32 Å². The molecule has 0 aliphatic heterocycles. The van der Waals surface area contributed by atoms with E-state index in [1.54, 1.807) is 0 Å². The van der Waals surface area contributed by atoms with E-state index < -0.39 is 5.97 Å². The number of carboxylic acid groups (broad SMARTS) is 1. The van der Waals surface area contributed by atoms with Gasteiger partial charge in [0, 0.05) is 13.0 Å². The zero-order valence-corrected chi connectivity index (χ0v) is 7.95. The Balaban J connectivity index is 0.000000310. The molecule has 76 valence electrons. The van der Waals surface area contributed by atoms with Crippen molar-refractivity contribution in [2.75, 3.05) is 0 Å². The Hall–Kier alpha value is -1.06. The predicted molar refractivity (Wildman–Crippen MR) is 49.4 cm³/mol. The molecule has 1 aliphatic carbocycles. The monoisotopic (exact) mass is 187 g/mol. The van der Waals surface area contributed by atoms with E-state index >= 15 is 0 Å². The first kappa shape index (κ1) is 11.9. The SMILES string of the molecule is CC(=O)O.O=CNC1CCCCC1. The number of amides is 1. The molecular weight excluding hydrogens is 170 g/mol. The Bertz CT molecular complexity index is 149. The van der Waals surface area contributed by atoms with Gasteiger partial charge >= 0.3 is 0 Å². The summed E-state index contributed by atoms with van der Waals surface area (Å²) in [5.74, 6) is -0.833. The van der Waals surface area contributed by atoms with Gasteiger partial charge in [-0.05, 0) is 12.8 Å². The van der Waals surface area contributed by atoms with Gasteiger partial charge in [-0.3, -0.25) is 9.59 Å². The third-order valence-corrected chi connectivity index (χ3v) is 1.91.